The molecule has 6 nitrogen and oxygen atoms in total. The molecule has 0 fully saturated rings. The first-order valence-electron chi connectivity index (χ1n) is 11.3. The Kier molecular flexibility index (Phi) is 7.28. The van der Waals surface area contributed by atoms with Gasteiger partial charge in [0.15, 0.2) is 0 Å². The molecule has 1 N–H and O–H groups in total. The average Bonchev–Trinajstić information content (AvgIpc) is 3.50. The third kappa shape index (κ3) is 5.64. The number of aromatic nitrogens is 2. The van der Waals surface area contributed by atoms with E-state index in [0.717, 1.165) is 45.3 Å². The topological polar surface area (TPSA) is 77.5 Å². The van der Waals surface area contributed by atoms with Crippen molar-refractivity contribution < 1.29 is 19.1 Å². The van der Waals surface area contributed by atoms with E-state index in [2.05, 4.69) is 27.8 Å². The highest BCUT2D eigenvalue weighted by atomic mass is 16.5. The maximum atomic E-state index is 10.8. The lowest BCUT2D eigenvalue weighted by atomic mass is 10.1. The molecule has 0 aliphatic heterocycles. The fraction of sp³-hybridized carbons (Fsp3) is 0.214. The van der Waals surface area contributed by atoms with Crippen molar-refractivity contribution in [1.82, 2.24) is 9.55 Å². The second-order valence-corrected chi connectivity index (χ2v) is 8.23. The molecule has 2 heterocycles. The minimum Gasteiger partial charge on any atom is -0.489 e. The van der Waals surface area contributed by atoms with Gasteiger partial charge in [-0.15, -0.1) is 0 Å². The molecule has 2 aromatic heterocycles. The van der Waals surface area contributed by atoms with Crippen LogP contribution in [0.5, 0.6) is 5.75 Å². The van der Waals surface area contributed by atoms with E-state index in [9.17, 15) is 4.79 Å². The lowest BCUT2D eigenvalue weighted by Gasteiger charge is -2.14. The molecule has 0 amide bonds. The smallest absolute Gasteiger partial charge is 0.303 e. The molecule has 0 atom stereocenters. The summed E-state index contributed by atoms with van der Waals surface area (Å²) in [6.45, 7) is 4.99. The minimum atomic E-state index is -0.791. The minimum absolute atomic E-state index is 0.129. The van der Waals surface area contributed by atoms with Gasteiger partial charge >= 0.3 is 5.97 Å². The summed E-state index contributed by atoms with van der Waals surface area (Å²) in [5.74, 6) is 1.74. The molecule has 0 saturated heterocycles. The van der Waals surface area contributed by atoms with Crippen molar-refractivity contribution in [2.45, 2.75) is 33.2 Å². The summed E-state index contributed by atoms with van der Waals surface area (Å²) >= 11 is 0. The fourth-order valence-corrected chi connectivity index (χ4v) is 3.74. The Morgan fingerprint density at radius 3 is 2.56 bits per heavy atom. The molecule has 0 aliphatic carbocycles. The number of benzene rings is 2. The lowest BCUT2D eigenvalue weighted by Crippen LogP contribution is -2.07. The molecular formula is C28H28N2O4. The number of carboxylic acid groups (broad SMARTS) is 1. The van der Waals surface area contributed by atoms with Crippen molar-refractivity contribution in [3.05, 3.63) is 96.0 Å². The number of rotatable bonds is 10. The van der Waals surface area contributed by atoms with Crippen molar-refractivity contribution in [2.75, 3.05) is 6.61 Å². The van der Waals surface area contributed by atoms with E-state index in [1.54, 1.807) is 6.26 Å². The van der Waals surface area contributed by atoms with E-state index >= 15 is 0 Å². The first-order valence-corrected chi connectivity index (χ1v) is 11.3. The maximum absolute atomic E-state index is 10.8. The number of allylic oxidation sites excluding steroid dienone is 1. The highest BCUT2D eigenvalue weighted by molar-refractivity contribution is 5.67. The third-order valence-electron chi connectivity index (χ3n) is 5.71. The molecule has 2 aromatic carbocycles. The zero-order chi connectivity index (χ0) is 23.9. The Balaban J connectivity index is 1.50. The molecule has 4 rings (SSSR count). The number of aryl methyl sites for hydroxylation is 1. The van der Waals surface area contributed by atoms with Crippen LogP contribution in [-0.2, 0) is 11.3 Å². The molecule has 0 spiro atoms. The first-order chi connectivity index (χ1) is 16.5. The quantitative estimate of drug-likeness (QED) is 0.281. The van der Waals surface area contributed by atoms with Gasteiger partial charge in [0.2, 0.25) is 0 Å². The monoisotopic (exact) mass is 456 g/mol. The van der Waals surface area contributed by atoms with Crippen molar-refractivity contribution in [3.8, 4) is 28.5 Å². The van der Waals surface area contributed by atoms with Crippen LogP contribution in [0.2, 0.25) is 0 Å². The van der Waals surface area contributed by atoms with Crippen LogP contribution in [0, 0.1) is 6.92 Å². The number of nitrogens with zero attached hydrogens (tertiary/aromatic N) is 2. The van der Waals surface area contributed by atoms with Gasteiger partial charge in [0.05, 0.1) is 12.8 Å². The summed E-state index contributed by atoms with van der Waals surface area (Å²) in [6, 6.07) is 20.0. The van der Waals surface area contributed by atoms with Crippen molar-refractivity contribution in [2.24, 2.45) is 0 Å². The van der Waals surface area contributed by atoms with E-state index in [1.165, 1.54) is 0 Å². The lowest BCUT2D eigenvalue weighted by molar-refractivity contribution is -0.136. The molecule has 174 valence electrons. The van der Waals surface area contributed by atoms with Crippen LogP contribution < -0.4 is 4.74 Å². The summed E-state index contributed by atoms with van der Waals surface area (Å²) in [5.41, 5.74) is 5.16. The van der Waals surface area contributed by atoms with Gasteiger partial charge in [-0.05, 0) is 44.5 Å². The largest absolute Gasteiger partial charge is 0.489 e. The molecule has 6 heteroatoms. The zero-order valence-electron chi connectivity index (χ0n) is 19.4. The normalized spacial score (nSPS) is 11.5. The number of hydrogen-bond acceptors (Lipinski definition) is 4. The zero-order valence-corrected chi connectivity index (χ0v) is 19.4. The summed E-state index contributed by atoms with van der Waals surface area (Å²) in [5, 5.41) is 8.84. The van der Waals surface area contributed by atoms with Gasteiger partial charge in [-0.2, -0.15) is 0 Å². The molecular weight excluding hydrogens is 428 g/mol. The second kappa shape index (κ2) is 10.7. The van der Waals surface area contributed by atoms with Gasteiger partial charge in [-0.3, -0.25) is 4.79 Å². The molecule has 4 aromatic rings. The maximum Gasteiger partial charge on any atom is 0.303 e. The highest BCUT2D eigenvalue weighted by Gasteiger charge is 2.13. The average molecular weight is 457 g/mol. The van der Waals surface area contributed by atoms with Crippen LogP contribution in [0.4, 0.5) is 0 Å². The number of aliphatic carboxylic acids is 1. The van der Waals surface area contributed by atoms with E-state index in [0.29, 0.717) is 19.6 Å². The predicted octanol–water partition coefficient (Wildman–Crippen LogP) is 6.36. The summed E-state index contributed by atoms with van der Waals surface area (Å²) in [7, 11) is 0. The van der Waals surface area contributed by atoms with Crippen molar-refractivity contribution in [3.63, 3.8) is 0 Å². The Bertz CT molecular complexity index is 1270. The van der Waals surface area contributed by atoms with E-state index in [1.807, 2.05) is 68.6 Å². The Labute approximate surface area is 199 Å². The summed E-state index contributed by atoms with van der Waals surface area (Å²) in [6.07, 6.45) is 6.15. The first kappa shape index (κ1) is 23.1. The molecule has 0 aliphatic rings. The summed E-state index contributed by atoms with van der Waals surface area (Å²) < 4.78 is 13.7. The molecule has 34 heavy (non-hydrogen) atoms. The fourth-order valence-electron chi connectivity index (χ4n) is 3.74. The number of carbonyl (C=O) groups is 1. The second-order valence-electron chi connectivity index (χ2n) is 8.23. The molecule has 0 bridgehead atoms. The van der Waals surface area contributed by atoms with Gasteiger partial charge in [0.25, 0.3) is 0 Å². The number of furan rings is 1. The van der Waals surface area contributed by atoms with Crippen LogP contribution in [0.3, 0.4) is 0 Å². The number of ether oxygens (including phenoxy) is 1. The number of hydrogen-bond donors (Lipinski definition) is 1. The SMILES string of the molecule is C/C(=C\COc1ccccc1Cn1c(C)cnc1-c1ccc(-c2ccco2)cc1)CCC(=O)O. The molecule has 0 unspecified atom stereocenters. The molecule has 0 saturated carbocycles. The van der Waals surface area contributed by atoms with Crippen LogP contribution in [-0.4, -0.2) is 27.2 Å². The van der Waals surface area contributed by atoms with Gasteiger partial charge in [0, 0.05) is 35.0 Å². The Hall–Kier alpha value is -4.06. The van der Waals surface area contributed by atoms with Gasteiger partial charge in [0.1, 0.15) is 23.9 Å². The summed E-state index contributed by atoms with van der Waals surface area (Å²) in [4.78, 5) is 15.4. The van der Waals surface area contributed by atoms with Crippen LogP contribution in [0.25, 0.3) is 22.7 Å². The number of carboxylic acids is 1. The van der Waals surface area contributed by atoms with Gasteiger partial charge in [-0.25, -0.2) is 4.98 Å². The predicted molar refractivity (Wildman–Crippen MR) is 132 cm³/mol. The number of para-hydroxylation sites is 1. The third-order valence-corrected chi connectivity index (χ3v) is 5.71. The van der Waals surface area contributed by atoms with E-state index in [4.69, 9.17) is 14.3 Å². The number of imidazole rings is 1. The Morgan fingerprint density at radius 1 is 1.06 bits per heavy atom. The van der Waals surface area contributed by atoms with E-state index in [-0.39, 0.29) is 6.42 Å². The standard InChI is InChI=1S/C28H28N2O4/c1-20(9-14-27(31)32)15-17-34-26-7-4-3-6-24(26)19-30-21(2)18-29-28(30)23-12-10-22(11-13-23)25-8-5-16-33-25/h3-8,10-13,15-16,18H,9,14,17,19H2,1-2H3,(H,31,32)/b20-15+. The highest BCUT2D eigenvalue weighted by Crippen LogP contribution is 2.27. The molecule has 0 radical (unpaired) electrons. The van der Waals surface area contributed by atoms with Gasteiger partial charge < -0.3 is 18.8 Å². The van der Waals surface area contributed by atoms with Crippen LogP contribution >= 0.6 is 0 Å². The van der Waals surface area contributed by atoms with Crippen molar-refractivity contribution >= 4 is 5.97 Å². The van der Waals surface area contributed by atoms with Crippen LogP contribution in [0.15, 0.2) is 89.2 Å². The van der Waals surface area contributed by atoms with E-state index < -0.39 is 5.97 Å². The van der Waals surface area contributed by atoms with Gasteiger partial charge in [-0.1, -0.05) is 48.0 Å². The van der Waals surface area contributed by atoms with Crippen LogP contribution in [0.1, 0.15) is 31.0 Å². The van der Waals surface area contributed by atoms with Crippen molar-refractivity contribution in [1.29, 1.82) is 0 Å². The Morgan fingerprint density at radius 2 is 1.82 bits per heavy atom.